The fourth-order valence-corrected chi connectivity index (χ4v) is 3.92. The predicted octanol–water partition coefficient (Wildman–Crippen LogP) is 2.00. The van der Waals surface area contributed by atoms with Crippen molar-refractivity contribution in [2.75, 3.05) is 20.6 Å². The lowest BCUT2D eigenvalue weighted by atomic mass is 9.83. The molecule has 2 rings (SSSR count). The molecule has 0 bridgehead atoms. The van der Waals surface area contributed by atoms with Crippen LogP contribution in [0, 0.1) is 5.92 Å². The summed E-state index contributed by atoms with van der Waals surface area (Å²) in [5.74, 6) is 0.767. The van der Waals surface area contributed by atoms with E-state index in [1.165, 1.54) is 44.9 Å². The molecule has 3 heteroatoms. The van der Waals surface area contributed by atoms with Gasteiger partial charge in [-0.3, -0.25) is 0 Å². The van der Waals surface area contributed by atoms with Gasteiger partial charge < -0.3 is 15.3 Å². The third-order valence-corrected chi connectivity index (χ3v) is 5.06. The molecule has 0 saturated heterocycles. The lowest BCUT2D eigenvalue weighted by molar-refractivity contribution is 0.0203. The average molecular weight is 254 g/mol. The van der Waals surface area contributed by atoms with E-state index in [1.54, 1.807) is 0 Å². The quantitative estimate of drug-likeness (QED) is 0.805. The van der Waals surface area contributed by atoms with Crippen molar-refractivity contribution in [3.05, 3.63) is 0 Å². The van der Waals surface area contributed by atoms with Crippen LogP contribution < -0.4 is 5.32 Å². The minimum absolute atomic E-state index is 0.0969. The largest absolute Gasteiger partial charge is 0.391 e. The van der Waals surface area contributed by atoms with Crippen LogP contribution in [0.1, 0.15) is 51.4 Å². The molecule has 2 fully saturated rings. The molecular weight excluding hydrogens is 224 g/mol. The number of nitrogens with one attached hydrogen (secondary N) is 1. The number of hydrogen-bond acceptors (Lipinski definition) is 3. The molecular formula is C15H30N2O. The van der Waals surface area contributed by atoms with Crippen LogP contribution in [0.15, 0.2) is 0 Å². The maximum absolute atomic E-state index is 10.1. The van der Waals surface area contributed by atoms with E-state index < -0.39 is 0 Å². The average Bonchev–Trinajstić information content (AvgIpc) is 2.39. The van der Waals surface area contributed by atoms with Gasteiger partial charge in [0.25, 0.3) is 0 Å². The van der Waals surface area contributed by atoms with Crippen LogP contribution in [0.4, 0.5) is 0 Å². The van der Waals surface area contributed by atoms with Crippen molar-refractivity contribution in [2.45, 2.75) is 69.6 Å². The van der Waals surface area contributed by atoms with Gasteiger partial charge in [0, 0.05) is 18.6 Å². The molecule has 2 aliphatic carbocycles. The van der Waals surface area contributed by atoms with Crippen LogP contribution >= 0.6 is 0 Å². The first-order valence-corrected chi connectivity index (χ1v) is 7.78. The summed E-state index contributed by atoms with van der Waals surface area (Å²) < 4.78 is 0. The summed E-state index contributed by atoms with van der Waals surface area (Å²) in [5.41, 5.74) is 0. The predicted molar refractivity (Wildman–Crippen MR) is 75.7 cm³/mol. The molecule has 0 aromatic carbocycles. The molecule has 3 nitrogen and oxygen atoms in total. The topological polar surface area (TPSA) is 35.5 Å². The Morgan fingerprint density at radius 1 is 1.06 bits per heavy atom. The maximum atomic E-state index is 10.1. The molecule has 4 atom stereocenters. The Bertz CT molecular complexity index is 247. The third-order valence-electron chi connectivity index (χ3n) is 5.06. The highest BCUT2D eigenvalue weighted by atomic mass is 16.3. The Morgan fingerprint density at radius 2 is 1.72 bits per heavy atom. The highest BCUT2D eigenvalue weighted by molar-refractivity contribution is 4.86. The SMILES string of the molecule is CNC1CCCCC1CN(C)C1CCCCC1O. The van der Waals surface area contributed by atoms with Crippen molar-refractivity contribution >= 4 is 0 Å². The summed E-state index contributed by atoms with van der Waals surface area (Å²) in [6.45, 7) is 1.15. The van der Waals surface area contributed by atoms with Gasteiger partial charge >= 0.3 is 0 Å². The lowest BCUT2D eigenvalue weighted by Gasteiger charge is -2.40. The van der Waals surface area contributed by atoms with Crippen molar-refractivity contribution in [1.29, 1.82) is 0 Å². The van der Waals surface area contributed by atoms with Crippen LogP contribution in [-0.2, 0) is 0 Å². The normalized spacial score (nSPS) is 38.0. The summed E-state index contributed by atoms with van der Waals surface area (Å²) >= 11 is 0. The van der Waals surface area contributed by atoms with Gasteiger partial charge in [0.05, 0.1) is 6.10 Å². The fourth-order valence-electron chi connectivity index (χ4n) is 3.92. The van der Waals surface area contributed by atoms with Crippen LogP contribution in [0.5, 0.6) is 0 Å². The van der Waals surface area contributed by atoms with Crippen LogP contribution in [-0.4, -0.2) is 48.8 Å². The Morgan fingerprint density at radius 3 is 2.44 bits per heavy atom. The van der Waals surface area contributed by atoms with E-state index in [4.69, 9.17) is 0 Å². The lowest BCUT2D eigenvalue weighted by Crippen LogP contribution is -2.48. The highest BCUT2D eigenvalue weighted by Gasteiger charge is 2.30. The minimum Gasteiger partial charge on any atom is -0.391 e. The van der Waals surface area contributed by atoms with Gasteiger partial charge in [0.15, 0.2) is 0 Å². The zero-order valence-electron chi connectivity index (χ0n) is 12.1. The monoisotopic (exact) mass is 254 g/mol. The molecule has 0 aliphatic heterocycles. The second kappa shape index (κ2) is 6.88. The molecule has 2 saturated carbocycles. The third kappa shape index (κ3) is 3.46. The molecule has 0 heterocycles. The molecule has 0 aromatic rings. The van der Waals surface area contributed by atoms with E-state index in [-0.39, 0.29) is 6.10 Å². The molecule has 2 aliphatic rings. The summed E-state index contributed by atoms with van der Waals surface area (Å²) in [7, 11) is 4.30. The van der Waals surface area contributed by atoms with E-state index in [1.807, 2.05) is 0 Å². The van der Waals surface area contributed by atoms with E-state index >= 15 is 0 Å². The van der Waals surface area contributed by atoms with Gasteiger partial charge in [-0.2, -0.15) is 0 Å². The van der Waals surface area contributed by atoms with E-state index in [9.17, 15) is 5.11 Å². The number of aliphatic hydroxyl groups is 1. The second-order valence-electron chi connectivity index (χ2n) is 6.30. The number of likely N-dealkylation sites (N-methyl/N-ethyl adjacent to an activating group) is 1. The number of rotatable bonds is 4. The molecule has 0 spiro atoms. The zero-order valence-corrected chi connectivity index (χ0v) is 12.1. The van der Waals surface area contributed by atoms with Gasteiger partial charge in [-0.25, -0.2) is 0 Å². The number of aliphatic hydroxyl groups excluding tert-OH is 1. The first-order valence-electron chi connectivity index (χ1n) is 7.78. The summed E-state index contributed by atoms with van der Waals surface area (Å²) in [5, 5.41) is 13.6. The van der Waals surface area contributed by atoms with Gasteiger partial charge in [0.2, 0.25) is 0 Å². The van der Waals surface area contributed by atoms with E-state index in [2.05, 4.69) is 24.3 Å². The Balaban J connectivity index is 1.86. The zero-order chi connectivity index (χ0) is 13.0. The van der Waals surface area contributed by atoms with Crippen molar-refractivity contribution in [3.8, 4) is 0 Å². The summed E-state index contributed by atoms with van der Waals surface area (Å²) in [6.07, 6.45) is 9.98. The molecule has 106 valence electrons. The molecule has 0 aromatic heterocycles. The van der Waals surface area contributed by atoms with Crippen molar-refractivity contribution < 1.29 is 5.11 Å². The molecule has 0 radical (unpaired) electrons. The second-order valence-corrected chi connectivity index (χ2v) is 6.30. The van der Waals surface area contributed by atoms with E-state index in [0.717, 1.165) is 18.9 Å². The molecule has 2 N–H and O–H groups in total. The smallest absolute Gasteiger partial charge is 0.0695 e. The molecule has 0 amide bonds. The van der Waals surface area contributed by atoms with Crippen molar-refractivity contribution in [1.82, 2.24) is 10.2 Å². The molecule has 18 heavy (non-hydrogen) atoms. The summed E-state index contributed by atoms with van der Waals surface area (Å²) in [4.78, 5) is 2.43. The first-order chi connectivity index (χ1) is 8.72. The van der Waals surface area contributed by atoms with Crippen LogP contribution in [0.3, 0.4) is 0 Å². The Kier molecular flexibility index (Phi) is 5.46. The highest BCUT2D eigenvalue weighted by Crippen LogP contribution is 2.28. The Hall–Kier alpha value is -0.120. The van der Waals surface area contributed by atoms with Crippen molar-refractivity contribution in [3.63, 3.8) is 0 Å². The minimum atomic E-state index is -0.0969. The standard InChI is InChI=1S/C15H30N2O/c1-16-13-8-4-3-7-12(13)11-17(2)14-9-5-6-10-15(14)18/h12-16,18H,3-11H2,1-2H3. The van der Waals surface area contributed by atoms with Crippen molar-refractivity contribution in [2.24, 2.45) is 5.92 Å². The van der Waals surface area contributed by atoms with Crippen LogP contribution in [0.2, 0.25) is 0 Å². The van der Waals surface area contributed by atoms with Gasteiger partial charge in [-0.1, -0.05) is 25.7 Å². The van der Waals surface area contributed by atoms with Gasteiger partial charge in [-0.05, 0) is 45.7 Å². The summed E-state index contributed by atoms with van der Waals surface area (Å²) in [6, 6.07) is 1.08. The Labute approximate surface area is 112 Å². The van der Waals surface area contributed by atoms with Gasteiger partial charge in [0.1, 0.15) is 0 Å². The number of nitrogens with zero attached hydrogens (tertiary/aromatic N) is 1. The van der Waals surface area contributed by atoms with Crippen LogP contribution in [0.25, 0.3) is 0 Å². The number of hydrogen-bond donors (Lipinski definition) is 2. The van der Waals surface area contributed by atoms with Gasteiger partial charge in [-0.15, -0.1) is 0 Å². The fraction of sp³-hybridized carbons (Fsp3) is 1.00. The molecule has 4 unspecified atom stereocenters. The first kappa shape index (κ1) is 14.3. The van der Waals surface area contributed by atoms with E-state index in [0.29, 0.717) is 12.1 Å². The maximum Gasteiger partial charge on any atom is 0.0695 e.